The van der Waals surface area contributed by atoms with E-state index in [1.54, 1.807) is 0 Å². The minimum Gasteiger partial charge on any atom is -0.339 e. The summed E-state index contributed by atoms with van der Waals surface area (Å²) in [5.41, 5.74) is 0. The molecule has 1 saturated heterocycles. The van der Waals surface area contributed by atoms with Crippen molar-refractivity contribution < 1.29 is 4.52 Å². The summed E-state index contributed by atoms with van der Waals surface area (Å²) in [5, 5.41) is 7.68. The van der Waals surface area contributed by atoms with E-state index in [4.69, 9.17) is 9.51 Å². The summed E-state index contributed by atoms with van der Waals surface area (Å²) in [6, 6.07) is 0.267. The molecular weight excluding hydrogens is 264 g/mol. The van der Waals surface area contributed by atoms with Crippen LogP contribution in [0.25, 0.3) is 0 Å². The third-order valence-electron chi connectivity index (χ3n) is 5.68. The molecule has 3 atom stereocenters. The van der Waals surface area contributed by atoms with Gasteiger partial charge in [0.15, 0.2) is 5.82 Å². The van der Waals surface area contributed by atoms with Crippen LogP contribution in [0.5, 0.6) is 0 Å². The minimum atomic E-state index is 0.267. The molecule has 5 heteroatoms. The fourth-order valence-corrected chi connectivity index (χ4v) is 4.21. The van der Waals surface area contributed by atoms with E-state index in [1.165, 1.54) is 38.5 Å². The normalized spacial score (nSPS) is 35.0. The summed E-state index contributed by atoms with van der Waals surface area (Å²) in [4.78, 5) is 7.05. The summed E-state index contributed by atoms with van der Waals surface area (Å²) < 4.78 is 5.60. The van der Waals surface area contributed by atoms with Crippen LogP contribution in [-0.2, 0) is 0 Å². The lowest BCUT2D eigenvalue weighted by molar-refractivity contribution is 0.190. The monoisotopic (exact) mass is 290 g/mol. The Morgan fingerprint density at radius 3 is 2.90 bits per heavy atom. The molecule has 2 heterocycles. The van der Waals surface area contributed by atoms with Crippen LogP contribution >= 0.6 is 0 Å². The fraction of sp³-hybridized carbons (Fsp3) is 0.875. The zero-order chi connectivity index (χ0) is 14.2. The van der Waals surface area contributed by atoms with Crippen LogP contribution < -0.4 is 5.32 Å². The lowest BCUT2D eigenvalue weighted by Gasteiger charge is -2.30. The number of aromatic nitrogens is 2. The average molecular weight is 290 g/mol. The first kappa shape index (κ1) is 13.7. The molecule has 116 valence electrons. The lowest BCUT2D eigenvalue weighted by atomic mass is 9.85. The van der Waals surface area contributed by atoms with Crippen molar-refractivity contribution in [3.8, 4) is 0 Å². The number of piperazine rings is 1. The highest BCUT2D eigenvalue weighted by atomic mass is 16.5. The van der Waals surface area contributed by atoms with Crippen molar-refractivity contribution in [1.82, 2.24) is 20.4 Å². The van der Waals surface area contributed by atoms with Gasteiger partial charge in [-0.15, -0.1) is 0 Å². The number of hydrogen-bond acceptors (Lipinski definition) is 5. The molecule has 21 heavy (non-hydrogen) atoms. The Morgan fingerprint density at radius 2 is 2.10 bits per heavy atom. The van der Waals surface area contributed by atoms with Gasteiger partial charge >= 0.3 is 0 Å². The van der Waals surface area contributed by atoms with Gasteiger partial charge < -0.3 is 9.84 Å². The maximum atomic E-state index is 5.60. The number of nitrogens with zero attached hydrogens (tertiary/aromatic N) is 3. The Balaban J connectivity index is 1.41. The van der Waals surface area contributed by atoms with Crippen LogP contribution in [0.4, 0.5) is 0 Å². The second-order valence-corrected chi connectivity index (χ2v) is 7.10. The molecule has 3 aliphatic rings. The number of likely N-dealkylation sites (N-methyl/N-ethyl adjacent to an activating group) is 1. The molecule has 3 fully saturated rings. The van der Waals surface area contributed by atoms with Crippen molar-refractivity contribution in [1.29, 1.82) is 0 Å². The molecule has 1 N–H and O–H groups in total. The number of nitrogens with one attached hydrogen (secondary N) is 1. The Morgan fingerprint density at radius 1 is 1.24 bits per heavy atom. The fourth-order valence-electron chi connectivity index (χ4n) is 4.21. The Bertz CT molecular complexity index is 482. The zero-order valence-electron chi connectivity index (χ0n) is 12.9. The predicted octanol–water partition coefficient (Wildman–Crippen LogP) is 2.33. The van der Waals surface area contributed by atoms with Crippen LogP contribution in [0.2, 0.25) is 0 Å². The second-order valence-electron chi connectivity index (χ2n) is 7.10. The van der Waals surface area contributed by atoms with Crippen molar-refractivity contribution >= 4 is 0 Å². The molecule has 0 radical (unpaired) electrons. The first-order chi connectivity index (χ1) is 10.3. The maximum Gasteiger partial charge on any atom is 0.230 e. The highest BCUT2D eigenvalue weighted by Gasteiger charge is 2.47. The van der Waals surface area contributed by atoms with Crippen molar-refractivity contribution in [3.05, 3.63) is 11.7 Å². The van der Waals surface area contributed by atoms with Gasteiger partial charge in [0.1, 0.15) is 0 Å². The topological polar surface area (TPSA) is 54.2 Å². The van der Waals surface area contributed by atoms with Gasteiger partial charge in [-0.05, 0) is 25.3 Å². The van der Waals surface area contributed by atoms with Crippen molar-refractivity contribution in [3.63, 3.8) is 0 Å². The van der Waals surface area contributed by atoms with E-state index in [0.29, 0.717) is 5.92 Å². The predicted molar refractivity (Wildman–Crippen MR) is 80.0 cm³/mol. The molecule has 4 rings (SSSR count). The van der Waals surface area contributed by atoms with Gasteiger partial charge in [-0.3, -0.25) is 4.90 Å². The quantitative estimate of drug-likeness (QED) is 0.926. The van der Waals surface area contributed by atoms with Gasteiger partial charge in [-0.1, -0.05) is 37.3 Å². The van der Waals surface area contributed by atoms with Crippen LogP contribution in [0.1, 0.15) is 62.2 Å². The van der Waals surface area contributed by atoms with Crippen molar-refractivity contribution in [2.24, 2.45) is 11.8 Å². The van der Waals surface area contributed by atoms with Crippen LogP contribution in [0, 0.1) is 11.8 Å². The molecule has 0 aromatic carbocycles. The van der Waals surface area contributed by atoms with Gasteiger partial charge in [0, 0.05) is 25.6 Å². The molecule has 1 aromatic rings. The van der Waals surface area contributed by atoms with Gasteiger partial charge in [-0.25, -0.2) is 0 Å². The summed E-state index contributed by atoms with van der Waals surface area (Å²) in [5.74, 6) is 4.06. The van der Waals surface area contributed by atoms with E-state index in [2.05, 4.69) is 22.4 Å². The van der Waals surface area contributed by atoms with Crippen molar-refractivity contribution in [2.75, 3.05) is 26.7 Å². The highest BCUT2D eigenvalue weighted by Crippen LogP contribution is 2.54. The smallest absolute Gasteiger partial charge is 0.230 e. The van der Waals surface area contributed by atoms with Crippen molar-refractivity contribution in [2.45, 2.75) is 50.5 Å². The number of hydrogen-bond donors (Lipinski definition) is 1. The lowest BCUT2D eigenvalue weighted by Crippen LogP contribution is -2.44. The largest absolute Gasteiger partial charge is 0.339 e. The van der Waals surface area contributed by atoms with Crippen LogP contribution in [-0.4, -0.2) is 41.7 Å². The molecule has 2 saturated carbocycles. The molecule has 0 bridgehead atoms. The van der Waals surface area contributed by atoms with E-state index in [-0.39, 0.29) is 6.04 Å². The Labute approximate surface area is 126 Å². The Hall–Kier alpha value is -0.940. The Kier molecular flexibility index (Phi) is 3.71. The molecule has 5 nitrogen and oxygen atoms in total. The average Bonchev–Trinajstić information content (AvgIpc) is 3.18. The van der Waals surface area contributed by atoms with Gasteiger partial charge in [0.2, 0.25) is 5.89 Å². The van der Waals surface area contributed by atoms with Crippen LogP contribution in [0.15, 0.2) is 4.52 Å². The molecule has 1 aliphatic heterocycles. The first-order valence-corrected chi connectivity index (χ1v) is 8.57. The summed E-state index contributed by atoms with van der Waals surface area (Å²) >= 11 is 0. The standard InChI is InChI=1S/C16H26N4O/c1-20-8-7-17-10-14(20)15-18-16(21-19-15)13-9-12(13)11-5-3-2-4-6-11/h11-14,17H,2-10H2,1H3. The van der Waals surface area contributed by atoms with E-state index >= 15 is 0 Å². The van der Waals surface area contributed by atoms with E-state index < -0.39 is 0 Å². The summed E-state index contributed by atoms with van der Waals surface area (Å²) in [6.07, 6.45) is 8.36. The molecule has 0 spiro atoms. The molecule has 1 aromatic heterocycles. The van der Waals surface area contributed by atoms with Gasteiger partial charge in [0.25, 0.3) is 0 Å². The summed E-state index contributed by atoms with van der Waals surface area (Å²) in [7, 11) is 2.14. The third-order valence-corrected chi connectivity index (χ3v) is 5.68. The van der Waals surface area contributed by atoms with Gasteiger partial charge in [-0.2, -0.15) is 4.98 Å². The molecular formula is C16H26N4O. The van der Waals surface area contributed by atoms with E-state index in [0.717, 1.165) is 43.2 Å². The molecule has 2 aliphatic carbocycles. The zero-order valence-corrected chi connectivity index (χ0v) is 12.9. The van der Waals surface area contributed by atoms with E-state index in [9.17, 15) is 0 Å². The maximum absolute atomic E-state index is 5.60. The molecule has 0 amide bonds. The second kappa shape index (κ2) is 5.69. The number of rotatable bonds is 3. The van der Waals surface area contributed by atoms with E-state index in [1.807, 2.05) is 0 Å². The summed E-state index contributed by atoms with van der Waals surface area (Å²) in [6.45, 7) is 3.01. The highest BCUT2D eigenvalue weighted by molar-refractivity contribution is 5.11. The van der Waals surface area contributed by atoms with Crippen LogP contribution in [0.3, 0.4) is 0 Å². The molecule has 3 unspecified atom stereocenters. The minimum absolute atomic E-state index is 0.267. The first-order valence-electron chi connectivity index (χ1n) is 8.57. The SMILES string of the molecule is CN1CCNCC1c1noc(C2CC2C2CCCCC2)n1. The third kappa shape index (κ3) is 2.73. The van der Waals surface area contributed by atoms with Gasteiger partial charge in [0.05, 0.1) is 6.04 Å².